The summed E-state index contributed by atoms with van der Waals surface area (Å²) in [4.78, 5) is 29.4. The number of halogens is 1. The van der Waals surface area contributed by atoms with E-state index in [1.165, 1.54) is 17.4 Å². The molecule has 1 saturated heterocycles. The number of rotatable bonds is 3. The summed E-state index contributed by atoms with van der Waals surface area (Å²) >= 11 is 4.84. The van der Waals surface area contributed by atoms with Crippen LogP contribution in [0.5, 0.6) is 0 Å². The van der Waals surface area contributed by atoms with Gasteiger partial charge in [-0.15, -0.1) is 0 Å². The Morgan fingerprint density at radius 3 is 2.95 bits per heavy atom. The summed E-state index contributed by atoms with van der Waals surface area (Å²) in [6.07, 6.45) is 1.26. The molecule has 1 aromatic heterocycles. The van der Waals surface area contributed by atoms with Crippen molar-refractivity contribution in [1.82, 2.24) is 9.88 Å². The molecule has 1 aromatic carbocycles. The van der Waals surface area contributed by atoms with Gasteiger partial charge in [-0.3, -0.25) is 9.59 Å². The molecule has 0 unspecified atom stereocenters. The molecule has 1 aliphatic rings. The number of likely N-dealkylation sites (tertiary alicyclic amines) is 1. The quantitative estimate of drug-likeness (QED) is 0.850. The monoisotopic (exact) mass is 365 g/mol. The zero-order chi connectivity index (χ0) is 15.0. The standard InChI is InChI=1S/C14H12BrN3O2S/c1-2-12(19)18-6-8(7-18)13(20)17-14-16-10-4-3-9(15)5-11(10)21-14/h2-5,8H,1,6-7H2,(H,16,17,20). The van der Waals surface area contributed by atoms with Crippen molar-refractivity contribution in [1.29, 1.82) is 0 Å². The van der Waals surface area contributed by atoms with Crippen LogP contribution in [0.3, 0.4) is 0 Å². The third-order valence-electron chi connectivity index (χ3n) is 3.32. The van der Waals surface area contributed by atoms with Gasteiger partial charge >= 0.3 is 0 Å². The number of hydrogen-bond donors (Lipinski definition) is 1. The molecule has 0 saturated carbocycles. The smallest absolute Gasteiger partial charge is 0.246 e. The van der Waals surface area contributed by atoms with Gasteiger partial charge in [0, 0.05) is 17.6 Å². The van der Waals surface area contributed by atoms with Crippen molar-refractivity contribution in [2.24, 2.45) is 5.92 Å². The summed E-state index contributed by atoms with van der Waals surface area (Å²) in [5.74, 6) is -0.405. The fourth-order valence-electron chi connectivity index (χ4n) is 2.11. The van der Waals surface area contributed by atoms with Gasteiger partial charge in [0.15, 0.2) is 5.13 Å². The number of anilines is 1. The van der Waals surface area contributed by atoms with Crippen molar-refractivity contribution in [3.8, 4) is 0 Å². The molecule has 2 aromatic rings. The molecule has 0 bridgehead atoms. The molecule has 0 spiro atoms. The number of carbonyl (C=O) groups excluding carboxylic acids is 2. The topological polar surface area (TPSA) is 62.3 Å². The van der Waals surface area contributed by atoms with E-state index in [0.717, 1.165) is 14.7 Å². The highest BCUT2D eigenvalue weighted by atomic mass is 79.9. The molecule has 0 radical (unpaired) electrons. The Morgan fingerprint density at radius 2 is 2.24 bits per heavy atom. The molecule has 21 heavy (non-hydrogen) atoms. The van der Waals surface area contributed by atoms with Crippen LogP contribution in [-0.2, 0) is 9.59 Å². The van der Waals surface area contributed by atoms with Crippen molar-refractivity contribution < 1.29 is 9.59 Å². The van der Waals surface area contributed by atoms with Crippen LogP contribution in [0.1, 0.15) is 0 Å². The van der Waals surface area contributed by atoms with E-state index in [1.54, 1.807) is 4.90 Å². The minimum Gasteiger partial charge on any atom is -0.337 e. The normalized spacial score (nSPS) is 14.8. The van der Waals surface area contributed by atoms with Gasteiger partial charge < -0.3 is 10.2 Å². The molecular weight excluding hydrogens is 354 g/mol. The summed E-state index contributed by atoms with van der Waals surface area (Å²) in [5, 5.41) is 3.40. The number of nitrogens with one attached hydrogen (secondary N) is 1. The van der Waals surface area contributed by atoms with E-state index in [4.69, 9.17) is 0 Å². The lowest BCUT2D eigenvalue weighted by atomic mass is 9.99. The SMILES string of the molecule is C=CC(=O)N1CC(C(=O)Nc2nc3ccc(Br)cc3s2)C1. The third kappa shape index (κ3) is 2.84. The summed E-state index contributed by atoms with van der Waals surface area (Å²) in [7, 11) is 0. The molecule has 1 N–H and O–H groups in total. The van der Waals surface area contributed by atoms with E-state index in [9.17, 15) is 9.59 Å². The highest BCUT2D eigenvalue weighted by Gasteiger charge is 2.34. The number of amides is 2. The number of hydrogen-bond acceptors (Lipinski definition) is 4. The zero-order valence-electron chi connectivity index (χ0n) is 11.0. The van der Waals surface area contributed by atoms with E-state index in [-0.39, 0.29) is 17.7 Å². The molecule has 1 aliphatic heterocycles. The summed E-state index contributed by atoms with van der Waals surface area (Å²) < 4.78 is 1.99. The second-order valence-electron chi connectivity index (χ2n) is 4.76. The number of aromatic nitrogens is 1. The van der Waals surface area contributed by atoms with Gasteiger partial charge in [0.2, 0.25) is 11.8 Å². The van der Waals surface area contributed by atoms with E-state index >= 15 is 0 Å². The molecule has 2 heterocycles. The van der Waals surface area contributed by atoms with Crippen LogP contribution in [0.15, 0.2) is 35.3 Å². The highest BCUT2D eigenvalue weighted by molar-refractivity contribution is 9.10. The Kier molecular flexibility index (Phi) is 3.77. The first kappa shape index (κ1) is 14.2. The van der Waals surface area contributed by atoms with Gasteiger partial charge in [-0.25, -0.2) is 4.98 Å². The average Bonchev–Trinajstić information content (AvgIpc) is 2.77. The van der Waals surface area contributed by atoms with Crippen LogP contribution in [0.4, 0.5) is 5.13 Å². The Balaban J connectivity index is 1.64. The van der Waals surface area contributed by atoms with Crippen molar-refractivity contribution in [3.63, 3.8) is 0 Å². The van der Waals surface area contributed by atoms with Crippen molar-refractivity contribution in [3.05, 3.63) is 35.3 Å². The molecule has 5 nitrogen and oxygen atoms in total. The Morgan fingerprint density at radius 1 is 1.48 bits per heavy atom. The molecule has 108 valence electrons. The summed E-state index contributed by atoms with van der Waals surface area (Å²) in [6, 6.07) is 5.79. The van der Waals surface area contributed by atoms with Crippen molar-refractivity contribution >= 4 is 54.4 Å². The first-order valence-corrected chi connectivity index (χ1v) is 7.96. The lowest BCUT2D eigenvalue weighted by Crippen LogP contribution is -2.53. The van der Waals surface area contributed by atoms with E-state index in [1.807, 2.05) is 18.2 Å². The van der Waals surface area contributed by atoms with Crippen molar-refractivity contribution in [2.45, 2.75) is 0 Å². The molecule has 1 fully saturated rings. The van der Waals surface area contributed by atoms with Gasteiger partial charge in [0.05, 0.1) is 16.1 Å². The predicted molar refractivity (Wildman–Crippen MR) is 86.2 cm³/mol. The molecular formula is C14H12BrN3O2S. The molecule has 3 rings (SSSR count). The number of benzene rings is 1. The van der Waals surface area contributed by atoms with Crippen LogP contribution in [0, 0.1) is 5.92 Å². The Bertz CT molecular complexity index is 737. The molecule has 7 heteroatoms. The van der Waals surface area contributed by atoms with Gasteiger partial charge in [0.25, 0.3) is 0 Å². The van der Waals surface area contributed by atoms with Gasteiger partial charge in [0.1, 0.15) is 0 Å². The second-order valence-corrected chi connectivity index (χ2v) is 6.71. The first-order chi connectivity index (χ1) is 10.1. The fourth-order valence-corrected chi connectivity index (χ4v) is 3.53. The lowest BCUT2D eigenvalue weighted by Gasteiger charge is -2.37. The first-order valence-electron chi connectivity index (χ1n) is 6.35. The third-order valence-corrected chi connectivity index (χ3v) is 4.75. The maximum Gasteiger partial charge on any atom is 0.246 e. The lowest BCUT2D eigenvalue weighted by molar-refractivity contribution is -0.137. The highest BCUT2D eigenvalue weighted by Crippen LogP contribution is 2.29. The van der Waals surface area contributed by atoms with Gasteiger partial charge in [-0.2, -0.15) is 0 Å². The second kappa shape index (κ2) is 5.57. The maximum atomic E-state index is 12.1. The fraction of sp³-hybridized carbons (Fsp3) is 0.214. The van der Waals surface area contributed by atoms with E-state index in [2.05, 4.69) is 32.8 Å². The van der Waals surface area contributed by atoms with E-state index in [0.29, 0.717) is 18.2 Å². The molecule has 0 aliphatic carbocycles. The van der Waals surface area contributed by atoms with Crippen LogP contribution < -0.4 is 5.32 Å². The number of carbonyl (C=O) groups is 2. The van der Waals surface area contributed by atoms with Crippen LogP contribution in [0.25, 0.3) is 10.2 Å². The van der Waals surface area contributed by atoms with Crippen molar-refractivity contribution in [2.75, 3.05) is 18.4 Å². The summed E-state index contributed by atoms with van der Waals surface area (Å²) in [5.41, 5.74) is 0.857. The average molecular weight is 366 g/mol. The zero-order valence-corrected chi connectivity index (χ0v) is 13.4. The minimum absolute atomic E-state index is 0.0961. The molecule has 2 amide bonds. The predicted octanol–water partition coefficient (Wildman–Crippen LogP) is 2.64. The van der Waals surface area contributed by atoms with Gasteiger partial charge in [-0.05, 0) is 24.3 Å². The Hall–Kier alpha value is -1.73. The maximum absolute atomic E-state index is 12.1. The van der Waals surface area contributed by atoms with Crippen LogP contribution in [-0.4, -0.2) is 34.8 Å². The number of thiazole rings is 1. The molecule has 0 atom stereocenters. The largest absolute Gasteiger partial charge is 0.337 e. The summed E-state index contributed by atoms with van der Waals surface area (Å²) in [6.45, 7) is 4.30. The Labute approximate surface area is 133 Å². The minimum atomic E-state index is -0.173. The number of fused-ring (bicyclic) bond motifs is 1. The van der Waals surface area contributed by atoms with Crippen LogP contribution in [0.2, 0.25) is 0 Å². The van der Waals surface area contributed by atoms with Gasteiger partial charge in [-0.1, -0.05) is 33.8 Å². The number of nitrogens with zero attached hydrogens (tertiary/aromatic N) is 2. The van der Waals surface area contributed by atoms with E-state index < -0.39 is 0 Å². The van der Waals surface area contributed by atoms with Crippen LogP contribution >= 0.6 is 27.3 Å².